The number of hydrogen-bond donors (Lipinski definition) is 1. The molecule has 1 N–H and O–H groups in total. The number of ether oxygens (including phenoxy) is 1. The van der Waals surface area contributed by atoms with Crippen LogP contribution >= 0.6 is 0 Å². The van der Waals surface area contributed by atoms with Gasteiger partial charge in [-0.2, -0.15) is 0 Å². The number of nitrogens with one attached hydrogen (secondary N) is 1. The van der Waals surface area contributed by atoms with Gasteiger partial charge < -0.3 is 4.74 Å². The van der Waals surface area contributed by atoms with Gasteiger partial charge in [0, 0.05) is 11.3 Å². The van der Waals surface area contributed by atoms with Crippen LogP contribution in [0.3, 0.4) is 0 Å². The molecule has 0 aliphatic carbocycles. The van der Waals surface area contributed by atoms with Crippen LogP contribution < -0.4 is 5.56 Å². The average molecular weight is 373 g/mol. The number of aromatic amines is 1. The second-order valence-electron chi connectivity index (χ2n) is 6.76. The normalized spacial score (nSPS) is 15.0. The molecule has 3 aromatic rings. The number of H-pyrrole nitrogens is 1. The van der Waals surface area contributed by atoms with Crippen molar-refractivity contribution in [1.82, 2.24) is 9.78 Å². The fraction of sp³-hybridized carbons (Fsp3) is 0.136. The van der Waals surface area contributed by atoms with E-state index in [1.54, 1.807) is 6.92 Å². The monoisotopic (exact) mass is 373 g/mol. The lowest BCUT2D eigenvalue weighted by molar-refractivity contribution is -0.129. The minimum Gasteiger partial charge on any atom is -0.402 e. The number of aryl methyl sites for hydroxylation is 3. The molecule has 6 heteroatoms. The van der Waals surface area contributed by atoms with E-state index in [9.17, 15) is 9.59 Å². The average Bonchev–Trinajstić information content (AvgIpc) is 3.19. The summed E-state index contributed by atoms with van der Waals surface area (Å²) in [5.74, 6) is -0.337. The number of cyclic esters (lactones) is 1. The van der Waals surface area contributed by atoms with Crippen molar-refractivity contribution >= 4 is 17.9 Å². The van der Waals surface area contributed by atoms with Gasteiger partial charge in [-0.05, 0) is 62.2 Å². The minimum absolute atomic E-state index is 0.102. The highest BCUT2D eigenvalue weighted by Crippen LogP contribution is 2.20. The van der Waals surface area contributed by atoms with Crippen molar-refractivity contribution in [3.63, 3.8) is 0 Å². The molecule has 2 heterocycles. The van der Waals surface area contributed by atoms with Gasteiger partial charge in [0.2, 0.25) is 5.90 Å². The first-order chi connectivity index (χ1) is 13.4. The van der Waals surface area contributed by atoms with Crippen molar-refractivity contribution in [3.8, 4) is 5.69 Å². The van der Waals surface area contributed by atoms with E-state index in [1.807, 2.05) is 62.4 Å². The summed E-state index contributed by atoms with van der Waals surface area (Å²) in [5.41, 5.74) is 4.57. The van der Waals surface area contributed by atoms with Crippen LogP contribution in [0.2, 0.25) is 0 Å². The Morgan fingerprint density at radius 2 is 1.75 bits per heavy atom. The molecule has 0 amide bonds. The number of hydrogen-bond acceptors (Lipinski definition) is 4. The zero-order valence-electron chi connectivity index (χ0n) is 15.8. The summed E-state index contributed by atoms with van der Waals surface area (Å²) in [6, 6.07) is 15.0. The van der Waals surface area contributed by atoms with E-state index in [2.05, 4.69) is 10.1 Å². The standard InChI is InChI=1S/C22H19N3O3/c1-13-9-10-17(11-14(13)2)25-21(26)18(15(3)24-25)12-19-22(27)28-20(23-19)16-7-5-4-6-8-16/h4-12,24H,1-3H3. The largest absolute Gasteiger partial charge is 0.402 e. The van der Waals surface area contributed by atoms with Crippen molar-refractivity contribution < 1.29 is 9.53 Å². The number of esters is 1. The highest BCUT2D eigenvalue weighted by Gasteiger charge is 2.25. The first-order valence-electron chi connectivity index (χ1n) is 8.91. The maximum absolute atomic E-state index is 12.9. The summed E-state index contributed by atoms with van der Waals surface area (Å²) in [5, 5.41) is 3.07. The van der Waals surface area contributed by atoms with Gasteiger partial charge >= 0.3 is 5.97 Å². The summed E-state index contributed by atoms with van der Waals surface area (Å²) in [7, 11) is 0. The van der Waals surface area contributed by atoms with Crippen LogP contribution in [-0.4, -0.2) is 21.6 Å². The second kappa shape index (κ2) is 6.81. The molecular weight excluding hydrogens is 354 g/mol. The molecule has 0 atom stereocenters. The van der Waals surface area contributed by atoms with Gasteiger partial charge in [0.1, 0.15) is 0 Å². The van der Waals surface area contributed by atoms with E-state index in [4.69, 9.17) is 4.74 Å². The van der Waals surface area contributed by atoms with E-state index >= 15 is 0 Å². The van der Waals surface area contributed by atoms with Crippen LogP contribution in [0.5, 0.6) is 0 Å². The molecule has 28 heavy (non-hydrogen) atoms. The molecule has 0 fully saturated rings. The molecule has 1 aliphatic heterocycles. The summed E-state index contributed by atoms with van der Waals surface area (Å²) in [6.07, 6.45) is 1.48. The van der Waals surface area contributed by atoms with Gasteiger partial charge in [-0.15, -0.1) is 0 Å². The van der Waals surface area contributed by atoms with Crippen molar-refractivity contribution in [2.45, 2.75) is 20.8 Å². The van der Waals surface area contributed by atoms with Crippen molar-refractivity contribution in [1.29, 1.82) is 0 Å². The topological polar surface area (TPSA) is 76.5 Å². The molecule has 0 unspecified atom stereocenters. The zero-order valence-corrected chi connectivity index (χ0v) is 15.8. The molecule has 6 nitrogen and oxygen atoms in total. The third-order valence-electron chi connectivity index (χ3n) is 4.79. The highest BCUT2D eigenvalue weighted by atomic mass is 16.6. The van der Waals surface area contributed by atoms with Crippen LogP contribution in [0.15, 0.2) is 64.0 Å². The maximum Gasteiger partial charge on any atom is 0.363 e. The van der Waals surface area contributed by atoms with E-state index < -0.39 is 5.97 Å². The van der Waals surface area contributed by atoms with Crippen molar-refractivity contribution in [2.24, 2.45) is 4.99 Å². The van der Waals surface area contributed by atoms with Crippen LogP contribution in [0.1, 0.15) is 27.9 Å². The molecule has 1 aromatic heterocycles. The number of aliphatic imine (C=N–C) groups is 1. The Labute approximate surface area is 161 Å². The number of carbonyl (C=O) groups excluding carboxylic acids is 1. The van der Waals surface area contributed by atoms with Crippen molar-refractivity contribution in [2.75, 3.05) is 0 Å². The first kappa shape index (κ1) is 17.7. The lowest BCUT2D eigenvalue weighted by atomic mass is 10.1. The summed E-state index contributed by atoms with van der Waals surface area (Å²) in [6.45, 7) is 5.80. The lowest BCUT2D eigenvalue weighted by Crippen LogP contribution is -2.16. The molecule has 2 aromatic carbocycles. The molecule has 140 valence electrons. The Morgan fingerprint density at radius 3 is 2.46 bits per heavy atom. The van der Waals surface area contributed by atoms with Crippen LogP contribution in [0.4, 0.5) is 0 Å². The van der Waals surface area contributed by atoms with Crippen LogP contribution in [-0.2, 0) is 9.53 Å². The predicted octanol–water partition coefficient (Wildman–Crippen LogP) is 3.44. The highest BCUT2D eigenvalue weighted by molar-refractivity contribution is 6.12. The zero-order chi connectivity index (χ0) is 19.8. The molecular formula is C22H19N3O3. The smallest absolute Gasteiger partial charge is 0.363 e. The summed E-state index contributed by atoms with van der Waals surface area (Å²) in [4.78, 5) is 29.4. The number of rotatable bonds is 3. The molecule has 0 radical (unpaired) electrons. The number of aromatic nitrogens is 2. The molecule has 4 rings (SSSR count). The molecule has 0 spiro atoms. The third kappa shape index (κ3) is 3.09. The van der Waals surface area contributed by atoms with Crippen LogP contribution in [0, 0.1) is 20.8 Å². The number of nitrogens with zero attached hydrogens (tertiary/aromatic N) is 2. The molecule has 0 saturated carbocycles. The van der Waals surface area contributed by atoms with Crippen LogP contribution in [0.25, 0.3) is 11.8 Å². The van der Waals surface area contributed by atoms with Gasteiger partial charge in [-0.25, -0.2) is 14.5 Å². The first-order valence-corrected chi connectivity index (χ1v) is 8.91. The fourth-order valence-corrected chi connectivity index (χ4v) is 3.03. The third-order valence-corrected chi connectivity index (χ3v) is 4.79. The van der Waals surface area contributed by atoms with E-state index in [0.717, 1.165) is 16.8 Å². The number of benzene rings is 2. The van der Waals surface area contributed by atoms with Gasteiger partial charge in [0.15, 0.2) is 5.70 Å². The van der Waals surface area contributed by atoms with E-state index in [0.29, 0.717) is 16.8 Å². The lowest BCUT2D eigenvalue weighted by Gasteiger charge is -2.05. The van der Waals surface area contributed by atoms with Gasteiger partial charge in [-0.3, -0.25) is 9.89 Å². The fourth-order valence-electron chi connectivity index (χ4n) is 3.03. The Balaban J connectivity index is 1.75. The number of carbonyl (C=O) groups is 1. The Bertz CT molecular complexity index is 1200. The SMILES string of the molecule is Cc1ccc(-n2[nH]c(C)c(C=C3N=C(c4ccccc4)OC3=O)c2=O)cc1C. The minimum atomic E-state index is -0.573. The predicted molar refractivity (Wildman–Crippen MR) is 108 cm³/mol. The molecule has 0 saturated heterocycles. The quantitative estimate of drug-likeness (QED) is 0.564. The Kier molecular flexibility index (Phi) is 4.31. The van der Waals surface area contributed by atoms with E-state index in [-0.39, 0.29) is 17.2 Å². The second-order valence-corrected chi connectivity index (χ2v) is 6.76. The Morgan fingerprint density at radius 1 is 1.00 bits per heavy atom. The summed E-state index contributed by atoms with van der Waals surface area (Å²) >= 11 is 0. The van der Waals surface area contributed by atoms with Gasteiger partial charge in [0.05, 0.1) is 11.3 Å². The van der Waals surface area contributed by atoms with Gasteiger partial charge in [0.25, 0.3) is 5.56 Å². The maximum atomic E-state index is 12.9. The summed E-state index contributed by atoms with van der Waals surface area (Å²) < 4.78 is 6.72. The molecule has 1 aliphatic rings. The molecule has 0 bridgehead atoms. The Hall–Kier alpha value is -3.67. The van der Waals surface area contributed by atoms with E-state index in [1.165, 1.54) is 10.8 Å². The van der Waals surface area contributed by atoms with Gasteiger partial charge in [-0.1, -0.05) is 24.3 Å². The van der Waals surface area contributed by atoms with Crippen molar-refractivity contribution in [3.05, 3.63) is 92.5 Å².